The Morgan fingerprint density at radius 1 is 1.08 bits per heavy atom. The van der Waals surface area contributed by atoms with E-state index in [-0.39, 0.29) is 11.9 Å². The molecule has 0 saturated carbocycles. The molecular formula is C18H18N4O2S. The topological polar surface area (TPSA) is 77.0 Å². The van der Waals surface area contributed by atoms with Gasteiger partial charge in [-0.1, -0.05) is 18.9 Å². The summed E-state index contributed by atoms with van der Waals surface area (Å²) >= 11 is 1.49. The minimum absolute atomic E-state index is 0.134. The summed E-state index contributed by atoms with van der Waals surface area (Å²) in [5, 5.41) is 14.7. The minimum atomic E-state index is -0.134. The number of nitrogens with zero attached hydrogens (tertiary/aromatic N) is 3. The lowest BCUT2D eigenvalue weighted by Gasteiger charge is -2.08. The van der Waals surface area contributed by atoms with E-state index < -0.39 is 0 Å². The smallest absolute Gasteiger partial charge is 0.341 e. The van der Waals surface area contributed by atoms with Gasteiger partial charge in [0, 0.05) is 11.1 Å². The average Bonchev–Trinajstić information content (AvgIpc) is 3.18. The number of thiophene rings is 1. The van der Waals surface area contributed by atoms with Gasteiger partial charge >= 0.3 is 6.01 Å². The second-order valence-corrected chi connectivity index (χ2v) is 6.07. The van der Waals surface area contributed by atoms with E-state index in [0.29, 0.717) is 17.0 Å². The van der Waals surface area contributed by atoms with E-state index in [1.165, 1.54) is 11.3 Å². The number of ether oxygens (including phenoxy) is 1. The van der Waals surface area contributed by atoms with Crippen LogP contribution in [0.25, 0.3) is 0 Å². The highest BCUT2D eigenvalue weighted by molar-refractivity contribution is 7.08. The van der Waals surface area contributed by atoms with Crippen molar-refractivity contribution in [2.75, 3.05) is 5.32 Å². The number of nitrogens with one attached hydrogen (secondary N) is 1. The number of anilines is 1. The first-order valence-electron chi connectivity index (χ1n) is 8.03. The number of carbonyl (C=O) groups is 1. The van der Waals surface area contributed by atoms with Gasteiger partial charge in [0.2, 0.25) is 0 Å². The molecule has 1 N–H and O–H groups in total. The molecule has 0 aliphatic carbocycles. The summed E-state index contributed by atoms with van der Waals surface area (Å²) in [5.41, 5.74) is 3.12. The Morgan fingerprint density at radius 2 is 1.84 bits per heavy atom. The summed E-state index contributed by atoms with van der Waals surface area (Å²) in [6.07, 6.45) is 1.57. The molecule has 0 saturated heterocycles. The third-order valence-corrected chi connectivity index (χ3v) is 4.28. The van der Waals surface area contributed by atoms with Crippen molar-refractivity contribution in [3.8, 4) is 11.8 Å². The summed E-state index contributed by atoms with van der Waals surface area (Å²) in [7, 11) is 0. The fraction of sp³-hybridized carbons (Fsp3) is 0.222. The summed E-state index contributed by atoms with van der Waals surface area (Å²) in [6, 6.07) is 9.07. The van der Waals surface area contributed by atoms with Gasteiger partial charge in [-0.2, -0.15) is 16.3 Å². The molecule has 0 spiro atoms. The highest BCUT2D eigenvalue weighted by atomic mass is 32.1. The van der Waals surface area contributed by atoms with Crippen LogP contribution in [0.3, 0.4) is 0 Å². The van der Waals surface area contributed by atoms with Gasteiger partial charge in [0.25, 0.3) is 5.91 Å². The van der Waals surface area contributed by atoms with Crippen LogP contribution >= 0.6 is 11.3 Å². The molecule has 0 fully saturated rings. The van der Waals surface area contributed by atoms with Gasteiger partial charge in [-0.3, -0.25) is 4.79 Å². The molecule has 0 radical (unpaired) electrons. The third-order valence-electron chi connectivity index (χ3n) is 3.59. The van der Waals surface area contributed by atoms with E-state index >= 15 is 0 Å². The molecule has 3 aromatic rings. The molecule has 1 amide bonds. The lowest BCUT2D eigenvalue weighted by Crippen LogP contribution is -2.10. The highest BCUT2D eigenvalue weighted by Gasteiger charge is 2.09. The van der Waals surface area contributed by atoms with Gasteiger partial charge in [-0.25, -0.2) is 0 Å². The quantitative estimate of drug-likeness (QED) is 0.721. The van der Waals surface area contributed by atoms with Crippen LogP contribution in [0.1, 0.15) is 35.6 Å². The molecule has 0 bridgehead atoms. The maximum Gasteiger partial charge on any atom is 0.341 e. The van der Waals surface area contributed by atoms with Gasteiger partial charge in [0.05, 0.1) is 17.0 Å². The molecule has 0 aliphatic rings. The van der Waals surface area contributed by atoms with E-state index in [9.17, 15) is 4.79 Å². The molecule has 3 rings (SSSR count). The highest BCUT2D eigenvalue weighted by Crippen LogP contribution is 2.21. The predicted octanol–water partition coefficient (Wildman–Crippen LogP) is 4.10. The molecule has 7 heteroatoms. The maximum atomic E-state index is 12.0. The Kier molecular flexibility index (Phi) is 5.35. The van der Waals surface area contributed by atoms with E-state index in [4.69, 9.17) is 4.74 Å². The fourth-order valence-corrected chi connectivity index (χ4v) is 2.91. The van der Waals surface area contributed by atoms with Gasteiger partial charge in [0.1, 0.15) is 5.75 Å². The molecule has 2 heterocycles. The van der Waals surface area contributed by atoms with Gasteiger partial charge in [-0.05, 0) is 48.6 Å². The van der Waals surface area contributed by atoms with Crippen molar-refractivity contribution in [2.45, 2.75) is 26.7 Å². The van der Waals surface area contributed by atoms with Crippen LogP contribution in [0.5, 0.6) is 11.8 Å². The Hall–Kier alpha value is -2.80. The molecular weight excluding hydrogens is 336 g/mol. The van der Waals surface area contributed by atoms with E-state index in [2.05, 4.69) is 20.5 Å². The van der Waals surface area contributed by atoms with Crippen LogP contribution in [0.15, 0.2) is 41.1 Å². The van der Waals surface area contributed by atoms with Crippen LogP contribution in [0.2, 0.25) is 0 Å². The van der Waals surface area contributed by atoms with Crippen molar-refractivity contribution in [1.82, 2.24) is 15.2 Å². The first kappa shape index (κ1) is 17.0. The van der Waals surface area contributed by atoms with E-state index in [0.717, 1.165) is 24.2 Å². The predicted molar refractivity (Wildman–Crippen MR) is 97.4 cm³/mol. The van der Waals surface area contributed by atoms with Crippen LogP contribution in [-0.2, 0) is 12.8 Å². The second kappa shape index (κ2) is 7.85. The molecule has 128 valence electrons. The largest absolute Gasteiger partial charge is 0.423 e. The molecule has 6 nitrogen and oxygen atoms in total. The van der Waals surface area contributed by atoms with Gasteiger partial charge in [-0.15, -0.1) is 5.10 Å². The molecule has 0 aliphatic heterocycles. The number of carbonyl (C=O) groups excluding carboxylic acids is 1. The molecule has 0 unspecified atom stereocenters. The molecule has 2 aromatic heterocycles. The average molecular weight is 354 g/mol. The van der Waals surface area contributed by atoms with Gasteiger partial charge in [0.15, 0.2) is 0 Å². The number of hydrogen-bond donors (Lipinski definition) is 1. The van der Waals surface area contributed by atoms with Crippen molar-refractivity contribution in [3.05, 3.63) is 58.0 Å². The van der Waals surface area contributed by atoms with Crippen molar-refractivity contribution in [3.63, 3.8) is 0 Å². The number of aryl methyl sites for hydroxylation is 2. The first-order valence-corrected chi connectivity index (χ1v) is 8.97. The van der Waals surface area contributed by atoms with Crippen LogP contribution in [0.4, 0.5) is 5.69 Å². The SMILES string of the molecule is CCc1nnc(Oc2ccc(NC(=O)c3ccsc3)cc2)nc1CC. The van der Waals surface area contributed by atoms with Crippen molar-refractivity contribution in [2.24, 2.45) is 0 Å². The summed E-state index contributed by atoms with van der Waals surface area (Å²) in [5.74, 6) is 0.451. The zero-order valence-electron chi connectivity index (χ0n) is 14.0. The zero-order valence-corrected chi connectivity index (χ0v) is 14.8. The van der Waals surface area contributed by atoms with Crippen LogP contribution in [0, 0.1) is 0 Å². The Labute approximate surface area is 149 Å². The van der Waals surface area contributed by atoms with Crippen molar-refractivity contribution in [1.29, 1.82) is 0 Å². The molecule has 0 atom stereocenters. The monoisotopic (exact) mass is 354 g/mol. The van der Waals surface area contributed by atoms with Crippen LogP contribution < -0.4 is 10.1 Å². The summed E-state index contributed by atoms with van der Waals surface area (Å²) in [6.45, 7) is 4.05. The fourth-order valence-electron chi connectivity index (χ4n) is 2.27. The normalized spacial score (nSPS) is 10.5. The van der Waals surface area contributed by atoms with Crippen molar-refractivity contribution < 1.29 is 9.53 Å². The van der Waals surface area contributed by atoms with Gasteiger partial charge < -0.3 is 10.1 Å². The number of benzene rings is 1. The summed E-state index contributed by atoms with van der Waals surface area (Å²) in [4.78, 5) is 16.4. The molecule has 25 heavy (non-hydrogen) atoms. The minimum Gasteiger partial charge on any atom is -0.423 e. The Morgan fingerprint density at radius 3 is 2.48 bits per heavy atom. The lowest BCUT2D eigenvalue weighted by molar-refractivity contribution is 0.102. The first-order chi connectivity index (χ1) is 12.2. The van der Waals surface area contributed by atoms with E-state index in [1.54, 1.807) is 30.3 Å². The number of rotatable bonds is 6. The Balaban J connectivity index is 1.67. The van der Waals surface area contributed by atoms with Crippen LogP contribution in [-0.4, -0.2) is 21.1 Å². The number of amides is 1. The number of hydrogen-bond acceptors (Lipinski definition) is 6. The summed E-state index contributed by atoms with van der Waals surface area (Å²) < 4.78 is 5.66. The lowest BCUT2D eigenvalue weighted by atomic mass is 10.2. The maximum absolute atomic E-state index is 12.0. The number of aromatic nitrogens is 3. The third kappa shape index (κ3) is 4.19. The Bertz CT molecular complexity index is 848. The second-order valence-electron chi connectivity index (χ2n) is 5.29. The standard InChI is InChI=1S/C18H18N4O2S/c1-3-15-16(4-2)21-22-18(20-15)24-14-7-5-13(6-8-14)19-17(23)12-9-10-25-11-12/h5-11H,3-4H2,1-2H3,(H,19,23). The van der Waals surface area contributed by atoms with Crippen molar-refractivity contribution >= 4 is 22.9 Å². The molecule has 1 aromatic carbocycles. The zero-order chi connectivity index (χ0) is 17.6. The van der Waals surface area contributed by atoms with E-state index in [1.807, 2.05) is 24.6 Å².